The summed E-state index contributed by atoms with van der Waals surface area (Å²) >= 11 is 0. The van der Waals surface area contributed by atoms with E-state index in [9.17, 15) is 23.3 Å². The van der Waals surface area contributed by atoms with E-state index in [2.05, 4.69) is 5.10 Å². The molecule has 0 amide bonds. The Labute approximate surface area is 74.7 Å². The fourth-order valence-electron chi connectivity index (χ4n) is 0.863. The Balaban J connectivity index is 3.45. The van der Waals surface area contributed by atoms with Gasteiger partial charge in [0.25, 0.3) is 5.88 Å². The van der Waals surface area contributed by atoms with E-state index in [0.717, 1.165) is 7.05 Å². The summed E-state index contributed by atoms with van der Waals surface area (Å²) in [4.78, 5) is 8.87. The molecule has 0 saturated carbocycles. The van der Waals surface area contributed by atoms with Crippen molar-refractivity contribution in [3.05, 3.63) is 15.8 Å². The van der Waals surface area contributed by atoms with Gasteiger partial charge in [0.1, 0.15) is 0 Å². The molecule has 78 valence electrons. The Morgan fingerprint density at radius 2 is 2.07 bits per heavy atom. The number of aromatic hydroxyl groups is 1. The summed E-state index contributed by atoms with van der Waals surface area (Å²) in [5.74, 6) is -1.12. The molecule has 0 aromatic carbocycles. The average molecular weight is 211 g/mol. The fraction of sp³-hybridized carbons (Fsp3) is 0.400. The van der Waals surface area contributed by atoms with Gasteiger partial charge in [0.05, 0.1) is 4.92 Å². The van der Waals surface area contributed by atoms with E-state index in [1.807, 2.05) is 0 Å². The predicted octanol–water partition coefficient (Wildman–Crippen LogP) is 1.05. The molecule has 0 fully saturated rings. The highest BCUT2D eigenvalue weighted by molar-refractivity contribution is 5.46. The van der Waals surface area contributed by atoms with Gasteiger partial charge in [-0.15, -0.1) is 0 Å². The molecule has 0 atom stereocenters. The Morgan fingerprint density at radius 1 is 1.57 bits per heavy atom. The first-order chi connectivity index (χ1) is 6.25. The highest BCUT2D eigenvalue weighted by Gasteiger charge is 2.45. The maximum Gasteiger partial charge on any atom is 0.442 e. The van der Waals surface area contributed by atoms with Crippen LogP contribution in [0.4, 0.5) is 18.9 Å². The normalized spacial score (nSPS) is 11.7. The van der Waals surface area contributed by atoms with E-state index < -0.39 is 28.4 Å². The minimum atomic E-state index is -4.96. The molecule has 1 rings (SSSR count). The molecule has 1 aromatic heterocycles. The number of nitro groups is 1. The monoisotopic (exact) mass is 211 g/mol. The molecule has 0 saturated heterocycles. The van der Waals surface area contributed by atoms with Crippen LogP contribution in [0.15, 0.2) is 0 Å². The van der Waals surface area contributed by atoms with Gasteiger partial charge in [0, 0.05) is 7.05 Å². The fourth-order valence-corrected chi connectivity index (χ4v) is 0.863. The van der Waals surface area contributed by atoms with Crippen LogP contribution < -0.4 is 0 Å². The van der Waals surface area contributed by atoms with Crippen LogP contribution in [-0.2, 0) is 13.2 Å². The Hall–Kier alpha value is -1.80. The Kier molecular flexibility index (Phi) is 2.10. The van der Waals surface area contributed by atoms with Crippen LogP contribution in [0, 0.1) is 10.1 Å². The third-order valence-electron chi connectivity index (χ3n) is 1.44. The van der Waals surface area contributed by atoms with Crippen molar-refractivity contribution in [1.29, 1.82) is 0 Å². The molecule has 9 heteroatoms. The van der Waals surface area contributed by atoms with Gasteiger partial charge in [-0.3, -0.25) is 10.1 Å². The summed E-state index contributed by atoms with van der Waals surface area (Å²) in [7, 11) is 0.970. The highest BCUT2D eigenvalue weighted by Crippen LogP contribution is 2.39. The SMILES string of the molecule is Cn1nc(C(F)(F)F)c([N+](=O)[O-])c1O. The highest BCUT2D eigenvalue weighted by atomic mass is 19.4. The average Bonchev–Trinajstić information content (AvgIpc) is 2.27. The quantitative estimate of drug-likeness (QED) is 0.556. The molecule has 0 aliphatic heterocycles. The third-order valence-corrected chi connectivity index (χ3v) is 1.44. The molecule has 6 nitrogen and oxygen atoms in total. The van der Waals surface area contributed by atoms with Crippen molar-refractivity contribution in [3.63, 3.8) is 0 Å². The Morgan fingerprint density at radius 3 is 2.36 bits per heavy atom. The van der Waals surface area contributed by atoms with Crippen LogP contribution in [0.25, 0.3) is 0 Å². The topological polar surface area (TPSA) is 81.2 Å². The zero-order valence-corrected chi connectivity index (χ0v) is 6.74. The number of aryl methyl sites for hydroxylation is 1. The zero-order chi connectivity index (χ0) is 11.1. The second-order valence-corrected chi connectivity index (χ2v) is 2.40. The van der Waals surface area contributed by atoms with Crippen molar-refractivity contribution in [2.24, 2.45) is 7.05 Å². The minimum absolute atomic E-state index is 0.390. The maximum absolute atomic E-state index is 12.1. The first-order valence-corrected chi connectivity index (χ1v) is 3.22. The molecule has 1 aromatic rings. The number of hydrogen-bond donors (Lipinski definition) is 1. The Bertz CT molecular complexity index is 384. The zero-order valence-electron chi connectivity index (χ0n) is 6.74. The molecular weight excluding hydrogens is 207 g/mol. The molecule has 14 heavy (non-hydrogen) atoms. The number of halogens is 3. The van der Waals surface area contributed by atoms with E-state index >= 15 is 0 Å². The van der Waals surface area contributed by atoms with Gasteiger partial charge < -0.3 is 5.11 Å². The summed E-state index contributed by atoms with van der Waals surface area (Å²) < 4.78 is 36.7. The van der Waals surface area contributed by atoms with Gasteiger partial charge in [-0.25, -0.2) is 4.68 Å². The van der Waals surface area contributed by atoms with Gasteiger partial charge >= 0.3 is 11.9 Å². The molecular formula is C5H4F3N3O3. The molecule has 1 heterocycles. The number of hydrogen-bond acceptors (Lipinski definition) is 4. The van der Waals surface area contributed by atoms with Gasteiger partial charge in [0.15, 0.2) is 0 Å². The lowest BCUT2D eigenvalue weighted by atomic mass is 10.3. The van der Waals surface area contributed by atoms with E-state index in [1.165, 1.54) is 0 Å². The lowest BCUT2D eigenvalue weighted by Gasteiger charge is -1.99. The van der Waals surface area contributed by atoms with Crippen LogP contribution in [0.3, 0.4) is 0 Å². The van der Waals surface area contributed by atoms with Crippen molar-refractivity contribution in [2.45, 2.75) is 6.18 Å². The molecule has 0 aliphatic rings. The van der Waals surface area contributed by atoms with Crippen molar-refractivity contribution >= 4 is 5.69 Å². The largest absolute Gasteiger partial charge is 0.489 e. The van der Waals surface area contributed by atoms with Crippen LogP contribution >= 0.6 is 0 Å². The number of rotatable bonds is 1. The van der Waals surface area contributed by atoms with Gasteiger partial charge in [-0.05, 0) is 0 Å². The summed E-state index contributed by atoms with van der Waals surface area (Å²) in [6, 6.07) is 0. The van der Waals surface area contributed by atoms with Gasteiger partial charge in [-0.1, -0.05) is 0 Å². The molecule has 0 radical (unpaired) electrons. The minimum Gasteiger partial charge on any atom is -0.489 e. The standard InChI is InChI=1S/C5H4F3N3O3/c1-10-4(12)2(11(13)14)3(9-10)5(6,7)8/h12H,1H3. The smallest absolute Gasteiger partial charge is 0.442 e. The molecule has 1 N–H and O–H groups in total. The summed E-state index contributed by atoms with van der Waals surface area (Å²) in [5.41, 5.74) is -3.14. The number of aromatic nitrogens is 2. The van der Waals surface area contributed by atoms with E-state index in [0.29, 0.717) is 4.68 Å². The summed E-state index contributed by atoms with van der Waals surface area (Å²) in [6.45, 7) is 0. The summed E-state index contributed by atoms with van der Waals surface area (Å²) in [5, 5.41) is 21.9. The van der Waals surface area contributed by atoms with Crippen LogP contribution in [0.5, 0.6) is 5.88 Å². The van der Waals surface area contributed by atoms with Gasteiger partial charge in [0.2, 0.25) is 5.69 Å². The predicted molar refractivity (Wildman–Crippen MR) is 36.5 cm³/mol. The first-order valence-electron chi connectivity index (χ1n) is 3.22. The lowest BCUT2D eigenvalue weighted by Crippen LogP contribution is -2.09. The van der Waals surface area contributed by atoms with E-state index in [1.54, 1.807) is 0 Å². The molecule has 0 unspecified atom stereocenters. The van der Waals surface area contributed by atoms with Crippen molar-refractivity contribution in [1.82, 2.24) is 9.78 Å². The van der Waals surface area contributed by atoms with Crippen LogP contribution in [0.2, 0.25) is 0 Å². The molecule has 0 aliphatic carbocycles. The second-order valence-electron chi connectivity index (χ2n) is 2.40. The van der Waals surface area contributed by atoms with Crippen molar-refractivity contribution in [3.8, 4) is 5.88 Å². The molecule has 0 spiro atoms. The van der Waals surface area contributed by atoms with E-state index in [-0.39, 0.29) is 0 Å². The third kappa shape index (κ3) is 1.47. The number of alkyl halides is 3. The second kappa shape index (κ2) is 2.86. The lowest BCUT2D eigenvalue weighted by molar-refractivity contribution is -0.389. The maximum atomic E-state index is 12.1. The van der Waals surface area contributed by atoms with Gasteiger partial charge in [-0.2, -0.15) is 18.3 Å². The number of nitrogens with zero attached hydrogens (tertiary/aromatic N) is 3. The first kappa shape index (κ1) is 10.3. The van der Waals surface area contributed by atoms with E-state index in [4.69, 9.17) is 5.11 Å². The van der Waals surface area contributed by atoms with Crippen molar-refractivity contribution in [2.75, 3.05) is 0 Å². The van der Waals surface area contributed by atoms with Crippen molar-refractivity contribution < 1.29 is 23.2 Å². The van der Waals surface area contributed by atoms with Crippen LogP contribution in [0.1, 0.15) is 5.69 Å². The summed E-state index contributed by atoms with van der Waals surface area (Å²) in [6.07, 6.45) is -4.96. The van der Waals surface area contributed by atoms with Crippen LogP contribution in [-0.4, -0.2) is 19.8 Å². The molecule has 0 bridgehead atoms.